The second-order valence-corrected chi connectivity index (χ2v) is 8.02. The fourth-order valence-corrected chi connectivity index (χ4v) is 5.71. The third-order valence-corrected chi connectivity index (χ3v) is 6.97. The molecule has 0 aromatic rings. The van der Waals surface area contributed by atoms with Gasteiger partial charge in [0.15, 0.2) is 0 Å². The monoisotopic (exact) mass is 300 g/mol. The molecule has 4 aliphatic rings. The molecule has 2 nitrogen and oxygen atoms in total. The highest BCUT2D eigenvalue weighted by molar-refractivity contribution is 5.39. The Morgan fingerprint density at radius 3 is 2.86 bits per heavy atom. The molecule has 4 rings (SSSR count). The second-order valence-electron chi connectivity index (χ2n) is 8.02. The first-order valence-electron chi connectivity index (χ1n) is 8.88. The number of fused-ring (bicyclic) bond motifs is 4. The second kappa shape index (κ2) is 4.99. The SMILES string of the molecule is COC1=CCC2=C(CC[C@H]3C4=C[C@H](C)[C@H](O)[C@@]4(C)CC[C@H]23)C1. The summed E-state index contributed by atoms with van der Waals surface area (Å²) in [5, 5.41) is 10.7. The van der Waals surface area contributed by atoms with Crippen LogP contribution in [0.2, 0.25) is 0 Å². The lowest BCUT2D eigenvalue weighted by atomic mass is 9.57. The fourth-order valence-electron chi connectivity index (χ4n) is 5.71. The minimum absolute atomic E-state index is 0.0425. The van der Waals surface area contributed by atoms with Crippen molar-refractivity contribution in [3.05, 3.63) is 34.6 Å². The maximum absolute atomic E-state index is 10.7. The van der Waals surface area contributed by atoms with Crippen molar-refractivity contribution >= 4 is 0 Å². The molecule has 5 atom stereocenters. The van der Waals surface area contributed by atoms with Crippen LogP contribution < -0.4 is 0 Å². The van der Waals surface area contributed by atoms with E-state index in [2.05, 4.69) is 26.0 Å². The van der Waals surface area contributed by atoms with Gasteiger partial charge in [0.05, 0.1) is 19.0 Å². The van der Waals surface area contributed by atoms with Gasteiger partial charge in [-0.25, -0.2) is 0 Å². The number of hydrogen-bond acceptors (Lipinski definition) is 2. The smallest absolute Gasteiger partial charge is 0.0959 e. The van der Waals surface area contributed by atoms with Gasteiger partial charge in [-0.15, -0.1) is 0 Å². The summed E-state index contributed by atoms with van der Waals surface area (Å²) in [4.78, 5) is 0. The number of rotatable bonds is 1. The van der Waals surface area contributed by atoms with E-state index >= 15 is 0 Å². The summed E-state index contributed by atoms with van der Waals surface area (Å²) < 4.78 is 5.47. The van der Waals surface area contributed by atoms with Crippen molar-refractivity contribution in [2.24, 2.45) is 23.2 Å². The predicted octanol–water partition coefficient (Wildman–Crippen LogP) is 4.37. The van der Waals surface area contributed by atoms with Crippen LogP contribution in [-0.4, -0.2) is 18.3 Å². The van der Waals surface area contributed by atoms with Crippen molar-refractivity contribution in [2.45, 2.75) is 58.5 Å². The average molecular weight is 300 g/mol. The maximum atomic E-state index is 10.7. The summed E-state index contributed by atoms with van der Waals surface area (Å²) in [7, 11) is 1.79. The average Bonchev–Trinajstić information content (AvgIpc) is 2.77. The molecule has 0 unspecified atom stereocenters. The van der Waals surface area contributed by atoms with E-state index in [0.29, 0.717) is 11.8 Å². The van der Waals surface area contributed by atoms with E-state index in [1.807, 2.05) is 0 Å². The lowest BCUT2D eigenvalue weighted by Gasteiger charge is -2.48. The van der Waals surface area contributed by atoms with Crippen LogP contribution >= 0.6 is 0 Å². The lowest BCUT2D eigenvalue weighted by molar-refractivity contribution is 0.0199. The Kier molecular flexibility index (Phi) is 3.30. The summed E-state index contributed by atoms with van der Waals surface area (Å²) in [6, 6.07) is 0. The van der Waals surface area contributed by atoms with E-state index in [9.17, 15) is 5.11 Å². The predicted molar refractivity (Wildman–Crippen MR) is 88.2 cm³/mol. The summed E-state index contributed by atoms with van der Waals surface area (Å²) in [5.74, 6) is 2.87. The number of methoxy groups -OCH3 is 1. The van der Waals surface area contributed by atoms with Crippen LogP contribution in [0.25, 0.3) is 0 Å². The zero-order valence-electron chi connectivity index (χ0n) is 14.1. The Bertz CT molecular complexity index is 583. The van der Waals surface area contributed by atoms with Crippen LogP contribution in [0.1, 0.15) is 52.4 Å². The largest absolute Gasteiger partial charge is 0.501 e. The molecule has 0 heterocycles. The molecule has 0 aliphatic heterocycles. The standard InChI is InChI=1S/C20H28O2/c1-12-10-18-17-6-4-13-11-14(22-3)5-7-15(13)16(17)8-9-20(18,2)19(12)21/h5,10,12,16-17,19,21H,4,6-9,11H2,1-3H3/t12-,16+,17+,19-,20-/m0/s1. The van der Waals surface area contributed by atoms with Gasteiger partial charge in [-0.1, -0.05) is 36.6 Å². The van der Waals surface area contributed by atoms with Gasteiger partial charge >= 0.3 is 0 Å². The molecular formula is C20H28O2. The minimum atomic E-state index is -0.176. The van der Waals surface area contributed by atoms with Gasteiger partial charge in [-0.3, -0.25) is 0 Å². The number of hydrogen-bond donors (Lipinski definition) is 1. The molecular weight excluding hydrogens is 272 g/mol. The molecule has 0 aromatic carbocycles. The molecule has 0 amide bonds. The van der Waals surface area contributed by atoms with E-state index < -0.39 is 0 Å². The number of aliphatic hydroxyl groups is 1. The third kappa shape index (κ3) is 1.89. The summed E-state index contributed by atoms with van der Waals surface area (Å²) in [5.41, 5.74) is 4.98. The van der Waals surface area contributed by atoms with E-state index in [0.717, 1.165) is 30.9 Å². The number of aliphatic hydroxyl groups excluding tert-OH is 1. The summed E-state index contributed by atoms with van der Waals surface area (Å²) in [6.45, 7) is 4.48. The van der Waals surface area contributed by atoms with Crippen LogP contribution in [0, 0.1) is 23.2 Å². The van der Waals surface area contributed by atoms with Gasteiger partial charge in [-0.2, -0.15) is 0 Å². The van der Waals surface area contributed by atoms with Gasteiger partial charge < -0.3 is 9.84 Å². The van der Waals surface area contributed by atoms with Crippen molar-refractivity contribution in [1.82, 2.24) is 0 Å². The topological polar surface area (TPSA) is 29.5 Å². The van der Waals surface area contributed by atoms with E-state index in [1.165, 1.54) is 19.3 Å². The molecule has 0 bridgehead atoms. The highest BCUT2D eigenvalue weighted by atomic mass is 16.5. The molecule has 0 radical (unpaired) electrons. The summed E-state index contributed by atoms with van der Waals surface area (Å²) in [6.07, 6.45) is 11.5. The van der Waals surface area contributed by atoms with Crippen LogP contribution in [0.3, 0.4) is 0 Å². The first-order valence-corrected chi connectivity index (χ1v) is 8.88. The van der Waals surface area contributed by atoms with Crippen LogP contribution in [0.4, 0.5) is 0 Å². The molecule has 1 N–H and O–H groups in total. The normalized spacial score (nSPS) is 43.8. The molecule has 0 spiro atoms. The van der Waals surface area contributed by atoms with Crippen LogP contribution in [0.15, 0.2) is 34.6 Å². The zero-order chi connectivity index (χ0) is 15.5. The van der Waals surface area contributed by atoms with Crippen molar-refractivity contribution in [1.29, 1.82) is 0 Å². The fraction of sp³-hybridized carbons (Fsp3) is 0.700. The Hall–Kier alpha value is -1.02. The van der Waals surface area contributed by atoms with Crippen molar-refractivity contribution in [3.63, 3.8) is 0 Å². The maximum Gasteiger partial charge on any atom is 0.0959 e. The molecule has 4 aliphatic carbocycles. The minimum Gasteiger partial charge on any atom is -0.501 e. The molecule has 0 aromatic heterocycles. The molecule has 120 valence electrons. The first-order chi connectivity index (χ1) is 10.5. The Labute approximate surface area is 133 Å². The first kappa shape index (κ1) is 14.6. The molecule has 22 heavy (non-hydrogen) atoms. The van der Waals surface area contributed by atoms with Crippen molar-refractivity contribution in [2.75, 3.05) is 7.11 Å². The molecule has 1 saturated carbocycles. The summed E-state index contributed by atoms with van der Waals surface area (Å²) >= 11 is 0. The van der Waals surface area contributed by atoms with Gasteiger partial charge in [0.1, 0.15) is 0 Å². The van der Waals surface area contributed by atoms with Gasteiger partial charge in [0, 0.05) is 17.8 Å². The van der Waals surface area contributed by atoms with Crippen molar-refractivity contribution in [3.8, 4) is 0 Å². The molecule has 0 saturated heterocycles. The number of ether oxygens (including phenoxy) is 1. The van der Waals surface area contributed by atoms with E-state index in [-0.39, 0.29) is 11.5 Å². The van der Waals surface area contributed by atoms with Crippen molar-refractivity contribution < 1.29 is 9.84 Å². The molecule has 2 heteroatoms. The third-order valence-electron chi connectivity index (χ3n) is 6.97. The van der Waals surface area contributed by atoms with Gasteiger partial charge in [-0.05, 0) is 50.0 Å². The zero-order valence-corrected chi connectivity index (χ0v) is 14.1. The molecule has 1 fully saturated rings. The Morgan fingerprint density at radius 1 is 1.27 bits per heavy atom. The highest BCUT2D eigenvalue weighted by Gasteiger charge is 2.52. The lowest BCUT2D eigenvalue weighted by Crippen LogP contribution is -2.42. The van der Waals surface area contributed by atoms with Gasteiger partial charge in [0.2, 0.25) is 0 Å². The van der Waals surface area contributed by atoms with E-state index in [4.69, 9.17) is 4.74 Å². The van der Waals surface area contributed by atoms with Crippen LogP contribution in [-0.2, 0) is 4.74 Å². The highest BCUT2D eigenvalue weighted by Crippen LogP contribution is 2.59. The number of allylic oxidation sites excluding steroid dienone is 3. The van der Waals surface area contributed by atoms with Crippen LogP contribution in [0.5, 0.6) is 0 Å². The van der Waals surface area contributed by atoms with E-state index in [1.54, 1.807) is 23.8 Å². The van der Waals surface area contributed by atoms with Gasteiger partial charge in [0.25, 0.3) is 0 Å². The quantitative estimate of drug-likeness (QED) is 0.729. The Morgan fingerprint density at radius 2 is 2.09 bits per heavy atom. The Balaban J connectivity index is 1.65.